The van der Waals surface area contributed by atoms with Crippen LogP contribution in [0.4, 0.5) is 5.69 Å². The van der Waals surface area contributed by atoms with Crippen molar-refractivity contribution in [1.29, 1.82) is 0 Å². The Balaban J connectivity index is 2.04. The lowest BCUT2D eigenvalue weighted by atomic mass is 10.1. The number of methoxy groups -OCH3 is 2. The molecule has 1 aliphatic heterocycles. The van der Waals surface area contributed by atoms with Gasteiger partial charge in [-0.1, -0.05) is 0 Å². The highest BCUT2D eigenvalue weighted by molar-refractivity contribution is 5.96. The third kappa shape index (κ3) is 3.90. The fourth-order valence-electron chi connectivity index (χ4n) is 2.59. The predicted molar refractivity (Wildman–Crippen MR) is 84.5 cm³/mol. The fraction of sp³-hybridized carbons (Fsp3) is 0.562. The molecule has 1 aromatic rings. The van der Waals surface area contributed by atoms with E-state index in [9.17, 15) is 9.90 Å². The number of aliphatic hydroxyl groups excluding tert-OH is 1. The Kier molecular flexibility index (Phi) is 5.63. The lowest BCUT2D eigenvalue weighted by molar-refractivity contribution is -0.121. The smallest absolute Gasteiger partial charge is 0.241 e. The third-order valence-electron chi connectivity index (χ3n) is 4.09. The number of carbonyl (C=O) groups excluding carboxylic acids is 1. The molecule has 1 atom stereocenters. The minimum Gasteiger partial charge on any atom is -0.497 e. The molecular weight excluding hydrogens is 284 g/mol. The van der Waals surface area contributed by atoms with Crippen molar-refractivity contribution < 1.29 is 19.4 Å². The topological polar surface area (TPSA) is 71.0 Å². The van der Waals surface area contributed by atoms with Gasteiger partial charge in [0.2, 0.25) is 5.91 Å². The molecule has 1 amide bonds. The Labute approximate surface area is 131 Å². The molecule has 0 saturated carbocycles. The molecule has 2 rings (SSSR count). The van der Waals surface area contributed by atoms with E-state index in [1.807, 2.05) is 6.92 Å². The van der Waals surface area contributed by atoms with Gasteiger partial charge < -0.3 is 19.9 Å². The van der Waals surface area contributed by atoms with Crippen LogP contribution in [-0.4, -0.2) is 55.4 Å². The molecule has 0 aliphatic carbocycles. The molecule has 1 aromatic carbocycles. The van der Waals surface area contributed by atoms with Crippen molar-refractivity contribution in [1.82, 2.24) is 4.90 Å². The SMILES string of the molecule is COc1ccc(OC)c(NC(=O)[C@@H](C)N2CCC(O)CC2)c1. The number of nitrogens with one attached hydrogen (secondary N) is 1. The van der Waals surface area contributed by atoms with Crippen molar-refractivity contribution in [2.45, 2.75) is 31.9 Å². The summed E-state index contributed by atoms with van der Waals surface area (Å²) in [5, 5.41) is 12.4. The number of nitrogens with zero attached hydrogens (tertiary/aromatic N) is 1. The maximum atomic E-state index is 12.4. The first-order valence-corrected chi connectivity index (χ1v) is 7.50. The van der Waals surface area contributed by atoms with Crippen LogP contribution in [0.1, 0.15) is 19.8 Å². The number of piperidine rings is 1. The van der Waals surface area contributed by atoms with Gasteiger partial charge in [0.1, 0.15) is 11.5 Å². The Morgan fingerprint density at radius 3 is 2.59 bits per heavy atom. The summed E-state index contributed by atoms with van der Waals surface area (Å²) in [5.74, 6) is 1.16. The van der Waals surface area contributed by atoms with E-state index in [1.54, 1.807) is 32.4 Å². The summed E-state index contributed by atoms with van der Waals surface area (Å²) in [5.41, 5.74) is 0.593. The average molecular weight is 308 g/mol. The van der Waals surface area contributed by atoms with Gasteiger partial charge in [-0.15, -0.1) is 0 Å². The van der Waals surface area contributed by atoms with E-state index in [-0.39, 0.29) is 18.1 Å². The molecular formula is C16H24N2O4. The summed E-state index contributed by atoms with van der Waals surface area (Å²) in [7, 11) is 3.14. The van der Waals surface area contributed by atoms with Crippen molar-refractivity contribution in [2.75, 3.05) is 32.6 Å². The van der Waals surface area contributed by atoms with Crippen molar-refractivity contribution >= 4 is 11.6 Å². The van der Waals surface area contributed by atoms with E-state index in [4.69, 9.17) is 9.47 Å². The van der Waals surface area contributed by atoms with Gasteiger partial charge in [0.15, 0.2) is 0 Å². The Morgan fingerprint density at radius 1 is 1.32 bits per heavy atom. The minimum absolute atomic E-state index is 0.0945. The fourth-order valence-corrected chi connectivity index (χ4v) is 2.59. The molecule has 1 fully saturated rings. The van der Waals surface area contributed by atoms with Crippen LogP contribution in [-0.2, 0) is 4.79 Å². The molecule has 0 unspecified atom stereocenters. The molecule has 6 heteroatoms. The molecule has 0 bridgehead atoms. The molecule has 0 spiro atoms. The number of likely N-dealkylation sites (tertiary alicyclic amines) is 1. The maximum absolute atomic E-state index is 12.4. The lowest BCUT2D eigenvalue weighted by Crippen LogP contribution is -2.47. The maximum Gasteiger partial charge on any atom is 0.241 e. The summed E-state index contributed by atoms with van der Waals surface area (Å²) in [6.07, 6.45) is 1.17. The van der Waals surface area contributed by atoms with Gasteiger partial charge in [-0.3, -0.25) is 9.69 Å². The second-order valence-electron chi connectivity index (χ2n) is 5.50. The first kappa shape index (κ1) is 16.6. The van der Waals surface area contributed by atoms with Crippen LogP contribution < -0.4 is 14.8 Å². The van der Waals surface area contributed by atoms with E-state index >= 15 is 0 Å². The van der Waals surface area contributed by atoms with Crippen LogP contribution in [0.15, 0.2) is 18.2 Å². The van der Waals surface area contributed by atoms with Gasteiger partial charge in [0, 0.05) is 19.2 Å². The average Bonchev–Trinajstić information content (AvgIpc) is 2.54. The molecule has 22 heavy (non-hydrogen) atoms. The number of anilines is 1. The number of hydrogen-bond donors (Lipinski definition) is 2. The summed E-state index contributed by atoms with van der Waals surface area (Å²) < 4.78 is 10.4. The third-order valence-corrected chi connectivity index (χ3v) is 4.09. The van der Waals surface area contributed by atoms with Crippen LogP contribution in [0.3, 0.4) is 0 Å². The Bertz CT molecular complexity index is 513. The van der Waals surface area contributed by atoms with Crippen molar-refractivity contribution in [2.24, 2.45) is 0 Å². The molecule has 1 saturated heterocycles. The minimum atomic E-state index is -0.261. The van der Waals surface area contributed by atoms with Gasteiger partial charge in [0.25, 0.3) is 0 Å². The molecule has 1 aliphatic rings. The van der Waals surface area contributed by atoms with Crippen molar-refractivity contribution in [3.63, 3.8) is 0 Å². The predicted octanol–water partition coefficient (Wildman–Crippen LogP) is 1.49. The van der Waals surface area contributed by atoms with Crippen molar-refractivity contribution in [3.05, 3.63) is 18.2 Å². The Hall–Kier alpha value is -1.79. The summed E-state index contributed by atoms with van der Waals surface area (Å²) in [4.78, 5) is 14.5. The van der Waals surface area contributed by atoms with Gasteiger partial charge >= 0.3 is 0 Å². The van der Waals surface area contributed by atoms with Gasteiger partial charge in [-0.25, -0.2) is 0 Å². The van der Waals surface area contributed by atoms with Crippen molar-refractivity contribution in [3.8, 4) is 11.5 Å². The standard InChI is InChI=1S/C16H24N2O4/c1-11(18-8-6-12(19)7-9-18)16(20)17-14-10-13(21-2)4-5-15(14)22-3/h4-5,10-12,19H,6-9H2,1-3H3,(H,17,20)/t11-/m1/s1. The molecule has 1 heterocycles. The zero-order valence-corrected chi connectivity index (χ0v) is 13.3. The van der Waals surface area contributed by atoms with Crippen LogP contribution in [0.25, 0.3) is 0 Å². The van der Waals surface area contributed by atoms with E-state index in [0.29, 0.717) is 30.0 Å². The number of rotatable bonds is 5. The first-order chi connectivity index (χ1) is 10.5. The van der Waals surface area contributed by atoms with Crippen LogP contribution in [0, 0.1) is 0 Å². The highest BCUT2D eigenvalue weighted by atomic mass is 16.5. The number of ether oxygens (including phenoxy) is 2. The van der Waals surface area contributed by atoms with Gasteiger partial charge in [-0.2, -0.15) is 0 Å². The lowest BCUT2D eigenvalue weighted by Gasteiger charge is -2.33. The second-order valence-corrected chi connectivity index (χ2v) is 5.50. The highest BCUT2D eigenvalue weighted by Gasteiger charge is 2.26. The molecule has 0 aromatic heterocycles. The molecule has 2 N–H and O–H groups in total. The number of amides is 1. The summed E-state index contributed by atoms with van der Waals surface area (Å²) in [6.45, 7) is 3.33. The van der Waals surface area contributed by atoms with Gasteiger partial charge in [0.05, 0.1) is 32.1 Å². The molecule has 6 nitrogen and oxygen atoms in total. The summed E-state index contributed by atoms with van der Waals surface area (Å²) >= 11 is 0. The van der Waals surface area contributed by atoms with Crippen LogP contribution in [0.2, 0.25) is 0 Å². The Morgan fingerprint density at radius 2 is 2.00 bits per heavy atom. The number of hydrogen-bond acceptors (Lipinski definition) is 5. The summed E-state index contributed by atoms with van der Waals surface area (Å²) in [6, 6.07) is 5.02. The van der Waals surface area contributed by atoms with Crippen LogP contribution in [0.5, 0.6) is 11.5 Å². The first-order valence-electron chi connectivity index (χ1n) is 7.50. The van der Waals surface area contributed by atoms with E-state index in [0.717, 1.165) is 13.1 Å². The largest absolute Gasteiger partial charge is 0.497 e. The van der Waals surface area contributed by atoms with E-state index < -0.39 is 0 Å². The number of aliphatic hydroxyl groups is 1. The van der Waals surface area contributed by atoms with Gasteiger partial charge in [-0.05, 0) is 31.9 Å². The second kappa shape index (κ2) is 7.47. The van der Waals surface area contributed by atoms with E-state index in [2.05, 4.69) is 10.2 Å². The van der Waals surface area contributed by atoms with E-state index in [1.165, 1.54) is 0 Å². The molecule has 122 valence electrons. The number of carbonyl (C=O) groups is 1. The highest BCUT2D eigenvalue weighted by Crippen LogP contribution is 2.29. The molecule has 0 radical (unpaired) electrons. The quantitative estimate of drug-likeness (QED) is 0.862. The monoisotopic (exact) mass is 308 g/mol. The van der Waals surface area contributed by atoms with Crippen LogP contribution >= 0.6 is 0 Å². The normalized spacial score (nSPS) is 17.8. The number of benzene rings is 1. The zero-order chi connectivity index (χ0) is 16.1. The zero-order valence-electron chi connectivity index (χ0n) is 13.3.